The van der Waals surface area contributed by atoms with Gasteiger partial charge >= 0.3 is 5.97 Å². The van der Waals surface area contributed by atoms with Crippen LogP contribution in [0.25, 0.3) is 0 Å². The lowest BCUT2D eigenvalue weighted by molar-refractivity contribution is -0.151. The maximum absolute atomic E-state index is 12.3. The fourth-order valence-electron chi connectivity index (χ4n) is 3.16. The predicted molar refractivity (Wildman–Crippen MR) is 108 cm³/mol. The molecular formula is C21H21BrN2O4. The van der Waals surface area contributed by atoms with E-state index in [2.05, 4.69) is 21.2 Å². The molecule has 7 heteroatoms. The van der Waals surface area contributed by atoms with E-state index in [1.807, 2.05) is 37.3 Å². The van der Waals surface area contributed by atoms with Crippen molar-refractivity contribution in [3.05, 3.63) is 64.6 Å². The fraction of sp³-hybridized carbons (Fsp3) is 0.286. The summed E-state index contributed by atoms with van der Waals surface area (Å²) in [7, 11) is 0. The molecule has 1 saturated heterocycles. The van der Waals surface area contributed by atoms with Crippen molar-refractivity contribution in [2.75, 3.05) is 18.5 Å². The first-order valence-corrected chi connectivity index (χ1v) is 9.80. The lowest BCUT2D eigenvalue weighted by atomic mass is 10.1. The standard InChI is InChI=1S/C21H21BrN2O4/c1-14(15-5-3-2-4-6-15)24-12-16(11-20(24)26)21(27)28-13-19(25)23-18-9-7-17(22)8-10-18/h2-10,14,16H,11-13H2,1H3,(H,23,25)/t14-,16+/m1/s1. The number of nitrogens with one attached hydrogen (secondary N) is 1. The zero-order valence-electron chi connectivity index (χ0n) is 15.4. The first-order chi connectivity index (χ1) is 13.4. The number of amides is 2. The molecule has 2 aromatic rings. The van der Waals surface area contributed by atoms with E-state index in [9.17, 15) is 14.4 Å². The molecule has 2 amide bonds. The molecule has 0 spiro atoms. The van der Waals surface area contributed by atoms with Crippen molar-refractivity contribution < 1.29 is 19.1 Å². The van der Waals surface area contributed by atoms with Gasteiger partial charge in [0, 0.05) is 23.1 Å². The fourth-order valence-corrected chi connectivity index (χ4v) is 3.42. The highest BCUT2D eigenvalue weighted by atomic mass is 79.9. The van der Waals surface area contributed by atoms with Crippen LogP contribution < -0.4 is 5.32 Å². The number of benzene rings is 2. The van der Waals surface area contributed by atoms with Crippen molar-refractivity contribution in [2.45, 2.75) is 19.4 Å². The lowest BCUT2D eigenvalue weighted by Crippen LogP contribution is -2.30. The van der Waals surface area contributed by atoms with E-state index >= 15 is 0 Å². The highest BCUT2D eigenvalue weighted by molar-refractivity contribution is 9.10. The zero-order chi connectivity index (χ0) is 20.1. The van der Waals surface area contributed by atoms with Crippen molar-refractivity contribution in [3.63, 3.8) is 0 Å². The van der Waals surface area contributed by atoms with Crippen LogP contribution in [0.15, 0.2) is 59.1 Å². The van der Waals surface area contributed by atoms with E-state index in [-0.39, 0.29) is 25.0 Å². The summed E-state index contributed by atoms with van der Waals surface area (Å²) in [4.78, 5) is 38.3. The molecule has 146 valence electrons. The number of ether oxygens (including phenoxy) is 1. The number of halogens is 1. The molecular weight excluding hydrogens is 424 g/mol. The van der Waals surface area contributed by atoms with Gasteiger partial charge in [0.1, 0.15) is 0 Å². The molecule has 0 aliphatic carbocycles. The molecule has 0 radical (unpaired) electrons. The average Bonchev–Trinajstić information content (AvgIpc) is 3.10. The Morgan fingerprint density at radius 3 is 2.54 bits per heavy atom. The summed E-state index contributed by atoms with van der Waals surface area (Å²) in [5.41, 5.74) is 1.63. The second-order valence-corrected chi connectivity index (χ2v) is 7.61. The van der Waals surface area contributed by atoms with Crippen LogP contribution in [0.4, 0.5) is 5.69 Å². The topological polar surface area (TPSA) is 75.7 Å². The van der Waals surface area contributed by atoms with Crippen LogP contribution >= 0.6 is 15.9 Å². The Morgan fingerprint density at radius 2 is 1.86 bits per heavy atom. The van der Waals surface area contributed by atoms with Gasteiger partial charge in [-0.05, 0) is 36.8 Å². The monoisotopic (exact) mass is 444 g/mol. The molecule has 0 aromatic heterocycles. The number of rotatable bonds is 6. The molecule has 2 atom stereocenters. The van der Waals surface area contributed by atoms with Gasteiger partial charge in [0.25, 0.3) is 5.91 Å². The van der Waals surface area contributed by atoms with E-state index < -0.39 is 17.8 Å². The molecule has 1 fully saturated rings. The van der Waals surface area contributed by atoms with Crippen molar-refractivity contribution in [2.24, 2.45) is 5.92 Å². The maximum Gasteiger partial charge on any atom is 0.311 e. The molecule has 1 aliphatic heterocycles. The summed E-state index contributed by atoms with van der Waals surface area (Å²) in [5, 5.41) is 2.66. The first-order valence-electron chi connectivity index (χ1n) is 9.00. The minimum atomic E-state index is -0.556. The molecule has 1 heterocycles. The maximum atomic E-state index is 12.3. The number of hydrogen-bond donors (Lipinski definition) is 1. The smallest absolute Gasteiger partial charge is 0.311 e. The summed E-state index contributed by atoms with van der Waals surface area (Å²) in [5.74, 6) is -1.59. The van der Waals surface area contributed by atoms with Crippen LogP contribution in [0.2, 0.25) is 0 Å². The highest BCUT2D eigenvalue weighted by Crippen LogP contribution is 2.29. The van der Waals surface area contributed by atoms with Crippen molar-refractivity contribution in [1.82, 2.24) is 4.90 Å². The summed E-state index contributed by atoms with van der Waals surface area (Å²) in [6, 6.07) is 16.6. The van der Waals surface area contributed by atoms with Crippen molar-refractivity contribution >= 4 is 39.4 Å². The van der Waals surface area contributed by atoms with E-state index in [1.54, 1.807) is 29.2 Å². The summed E-state index contributed by atoms with van der Waals surface area (Å²) < 4.78 is 6.03. The molecule has 0 unspecified atom stereocenters. The van der Waals surface area contributed by atoms with Crippen molar-refractivity contribution in [1.29, 1.82) is 0 Å². The van der Waals surface area contributed by atoms with Gasteiger partial charge in [-0.25, -0.2) is 0 Å². The lowest BCUT2D eigenvalue weighted by Gasteiger charge is -2.25. The molecule has 1 N–H and O–H groups in total. The molecule has 6 nitrogen and oxygen atoms in total. The molecule has 1 aliphatic rings. The Hall–Kier alpha value is -2.67. The predicted octanol–water partition coefficient (Wildman–Crippen LogP) is 3.54. The van der Waals surface area contributed by atoms with Crippen LogP contribution in [-0.2, 0) is 19.1 Å². The van der Waals surface area contributed by atoms with Gasteiger partial charge in [-0.15, -0.1) is 0 Å². The van der Waals surface area contributed by atoms with Gasteiger partial charge in [-0.1, -0.05) is 46.3 Å². The second-order valence-electron chi connectivity index (χ2n) is 6.70. The second kappa shape index (κ2) is 9.01. The summed E-state index contributed by atoms with van der Waals surface area (Å²) in [6.45, 7) is 1.85. The minimum absolute atomic E-state index is 0.0855. The van der Waals surface area contributed by atoms with Crippen LogP contribution in [0.1, 0.15) is 24.9 Å². The number of carbonyl (C=O) groups is 3. The van der Waals surface area contributed by atoms with Crippen LogP contribution in [0.5, 0.6) is 0 Å². The molecule has 2 aromatic carbocycles. The zero-order valence-corrected chi connectivity index (χ0v) is 17.0. The van der Waals surface area contributed by atoms with Gasteiger partial charge < -0.3 is 15.0 Å². The van der Waals surface area contributed by atoms with Gasteiger partial charge in [-0.3, -0.25) is 14.4 Å². The Kier molecular flexibility index (Phi) is 6.46. The van der Waals surface area contributed by atoms with Crippen LogP contribution in [-0.4, -0.2) is 35.8 Å². The quantitative estimate of drug-likeness (QED) is 0.691. The van der Waals surface area contributed by atoms with E-state index in [0.717, 1.165) is 10.0 Å². The largest absolute Gasteiger partial charge is 0.455 e. The van der Waals surface area contributed by atoms with E-state index in [0.29, 0.717) is 12.2 Å². The minimum Gasteiger partial charge on any atom is -0.455 e. The Balaban J connectivity index is 1.50. The third-order valence-corrected chi connectivity index (χ3v) is 5.24. The number of hydrogen-bond acceptors (Lipinski definition) is 4. The van der Waals surface area contributed by atoms with Gasteiger partial charge in [0.2, 0.25) is 5.91 Å². The SMILES string of the molecule is C[C@H](c1ccccc1)N1C[C@@H](C(=O)OCC(=O)Nc2ccc(Br)cc2)CC1=O. The Labute approximate surface area is 172 Å². The van der Waals surface area contributed by atoms with Gasteiger partial charge in [-0.2, -0.15) is 0 Å². The number of likely N-dealkylation sites (tertiary alicyclic amines) is 1. The first kappa shape index (κ1) is 20.1. The molecule has 0 saturated carbocycles. The normalized spacial score (nSPS) is 17.3. The molecule has 28 heavy (non-hydrogen) atoms. The third-order valence-electron chi connectivity index (χ3n) is 4.71. The van der Waals surface area contributed by atoms with Crippen LogP contribution in [0.3, 0.4) is 0 Å². The highest BCUT2D eigenvalue weighted by Gasteiger charge is 2.38. The van der Waals surface area contributed by atoms with Gasteiger partial charge in [0.05, 0.1) is 12.0 Å². The van der Waals surface area contributed by atoms with Crippen molar-refractivity contribution in [3.8, 4) is 0 Å². The number of carbonyl (C=O) groups excluding carboxylic acids is 3. The third kappa shape index (κ3) is 4.98. The summed E-state index contributed by atoms with van der Waals surface area (Å²) in [6.07, 6.45) is 0.102. The molecule has 0 bridgehead atoms. The number of esters is 1. The van der Waals surface area contributed by atoms with Gasteiger partial charge in [0.15, 0.2) is 6.61 Å². The van der Waals surface area contributed by atoms with E-state index in [1.165, 1.54) is 0 Å². The van der Waals surface area contributed by atoms with Crippen LogP contribution in [0, 0.1) is 5.92 Å². The Bertz CT molecular complexity index is 854. The van der Waals surface area contributed by atoms with E-state index in [4.69, 9.17) is 4.74 Å². The number of nitrogens with zero attached hydrogens (tertiary/aromatic N) is 1. The Morgan fingerprint density at radius 1 is 1.18 bits per heavy atom. The number of anilines is 1. The molecule has 3 rings (SSSR count). The average molecular weight is 445 g/mol. The summed E-state index contributed by atoms with van der Waals surface area (Å²) >= 11 is 3.32.